The van der Waals surface area contributed by atoms with E-state index in [0.29, 0.717) is 37.7 Å². The van der Waals surface area contributed by atoms with Gasteiger partial charge in [-0.15, -0.1) is 0 Å². The molecule has 20 heteroatoms. The van der Waals surface area contributed by atoms with Crippen molar-refractivity contribution in [2.75, 3.05) is 68.4 Å². The predicted octanol–water partition coefficient (Wildman–Crippen LogP) is 5.74. The van der Waals surface area contributed by atoms with Gasteiger partial charge in [0.15, 0.2) is 5.11 Å². The van der Waals surface area contributed by atoms with Gasteiger partial charge < -0.3 is 44.7 Å². The Balaban J connectivity index is 0.963. The van der Waals surface area contributed by atoms with E-state index >= 15 is 0 Å². The molecular formula is C48H61F3N8O8S. The van der Waals surface area contributed by atoms with Gasteiger partial charge in [0.05, 0.1) is 35.6 Å². The van der Waals surface area contributed by atoms with E-state index in [1.807, 2.05) is 51.9 Å². The maximum atomic E-state index is 13.9. The second kappa shape index (κ2) is 22.9. The number of alkyl halides is 3. The number of nitrogens with one attached hydrogen (secondary N) is 2. The van der Waals surface area contributed by atoms with Gasteiger partial charge in [-0.3, -0.25) is 24.1 Å². The van der Waals surface area contributed by atoms with Gasteiger partial charge in [0, 0.05) is 65.3 Å². The molecular weight excluding hydrogens is 906 g/mol. The molecule has 1 aromatic heterocycles. The first kappa shape index (κ1) is 53.1. The minimum atomic E-state index is -4.80. The first-order chi connectivity index (χ1) is 32.0. The molecule has 2 aliphatic heterocycles. The first-order valence-corrected chi connectivity index (χ1v) is 22.8. The fraction of sp³-hybridized carbons (Fsp3) is 0.521. The summed E-state index contributed by atoms with van der Waals surface area (Å²) in [4.78, 5) is 63.8. The van der Waals surface area contributed by atoms with E-state index in [1.54, 1.807) is 55.3 Å². The predicted molar refractivity (Wildman–Crippen MR) is 253 cm³/mol. The highest BCUT2D eigenvalue weighted by Crippen LogP contribution is 2.40. The van der Waals surface area contributed by atoms with Crippen LogP contribution in [0.2, 0.25) is 0 Å². The molecule has 2 saturated heterocycles. The Morgan fingerprint density at radius 2 is 1.63 bits per heavy atom. The number of halogens is 3. The summed E-state index contributed by atoms with van der Waals surface area (Å²) >= 11 is 5.62. The second-order valence-electron chi connectivity index (χ2n) is 18.5. The lowest BCUT2D eigenvalue weighted by atomic mass is 9.85. The monoisotopic (exact) mass is 966 g/mol. The Morgan fingerprint density at radius 1 is 0.971 bits per heavy atom. The minimum absolute atomic E-state index is 0.000459. The zero-order valence-electron chi connectivity index (χ0n) is 39.5. The molecule has 0 spiro atoms. The van der Waals surface area contributed by atoms with E-state index in [0.717, 1.165) is 47.7 Å². The van der Waals surface area contributed by atoms with Crippen molar-refractivity contribution < 1.29 is 51.7 Å². The van der Waals surface area contributed by atoms with E-state index in [-0.39, 0.29) is 43.5 Å². The molecule has 68 heavy (non-hydrogen) atoms. The zero-order valence-corrected chi connectivity index (χ0v) is 40.3. The summed E-state index contributed by atoms with van der Waals surface area (Å²) in [5, 5.41) is 25.3. The number of amides is 4. The lowest BCUT2D eigenvalue weighted by Crippen LogP contribution is -2.58. The van der Waals surface area contributed by atoms with Crippen molar-refractivity contribution in [1.82, 2.24) is 20.5 Å². The number of carbonyl (C=O) groups excluding carboxylic acids is 4. The van der Waals surface area contributed by atoms with Gasteiger partial charge in [0.25, 0.3) is 5.91 Å². The third-order valence-electron chi connectivity index (χ3n) is 11.5. The van der Waals surface area contributed by atoms with Crippen LogP contribution in [0.5, 0.6) is 5.75 Å². The Morgan fingerprint density at radius 3 is 2.26 bits per heavy atom. The van der Waals surface area contributed by atoms with Gasteiger partial charge in [0.2, 0.25) is 17.7 Å². The molecule has 4 amide bonds. The molecule has 5 rings (SSSR count). The highest BCUT2D eigenvalue weighted by molar-refractivity contribution is 7.81. The second-order valence-corrected chi connectivity index (χ2v) is 18.8. The minimum Gasteiger partial charge on any atom is -0.494 e. The molecule has 3 N–H and O–H groups in total. The zero-order chi connectivity index (χ0) is 50.0. The number of nitrogens with zero attached hydrogens (tertiary/aromatic N) is 6. The highest BCUT2D eigenvalue weighted by Gasteiger charge is 2.51. The molecule has 2 aliphatic rings. The van der Waals surface area contributed by atoms with Crippen LogP contribution < -0.4 is 30.1 Å². The fourth-order valence-electron chi connectivity index (χ4n) is 7.77. The van der Waals surface area contributed by atoms with E-state index in [2.05, 4.69) is 15.6 Å². The third-order valence-corrected chi connectivity index (χ3v) is 11.8. The van der Waals surface area contributed by atoms with Crippen molar-refractivity contribution in [3.05, 3.63) is 77.5 Å². The van der Waals surface area contributed by atoms with E-state index in [4.69, 9.17) is 26.4 Å². The summed E-state index contributed by atoms with van der Waals surface area (Å²) in [7, 11) is 3.76. The number of likely N-dealkylation sites (tertiary alicyclic amines) is 1. The van der Waals surface area contributed by atoms with Crippen LogP contribution >= 0.6 is 12.2 Å². The van der Waals surface area contributed by atoms with Crippen LogP contribution in [-0.2, 0) is 41.4 Å². The molecule has 1 unspecified atom stereocenters. The van der Waals surface area contributed by atoms with Crippen molar-refractivity contribution >= 4 is 58.2 Å². The average Bonchev–Trinajstić information content (AvgIpc) is 3.76. The number of carbonyl (C=O) groups is 4. The van der Waals surface area contributed by atoms with Crippen LogP contribution in [0, 0.1) is 16.7 Å². The number of hydrogen-bond acceptors (Lipinski definition) is 12. The van der Waals surface area contributed by atoms with E-state index < -0.39 is 70.1 Å². The average molecular weight is 967 g/mol. The number of thiocarbonyl (C=S) groups is 1. The Bertz CT molecular complexity index is 2300. The molecule has 368 valence electrons. The number of benzene rings is 2. The van der Waals surface area contributed by atoms with Crippen LogP contribution in [0.25, 0.3) is 0 Å². The van der Waals surface area contributed by atoms with Crippen molar-refractivity contribution in [2.45, 2.75) is 103 Å². The normalized spacial score (nSPS) is 17.5. The van der Waals surface area contributed by atoms with Crippen molar-refractivity contribution in [3.8, 4) is 11.8 Å². The molecule has 3 aromatic rings. The van der Waals surface area contributed by atoms with Crippen LogP contribution in [0.15, 0.2) is 60.8 Å². The number of ether oxygens (including phenoxy) is 3. The molecule has 3 heterocycles. The van der Waals surface area contributed by atoms with E-state index in [9.17, 15) is 42.7 Å². The summed E-state index contributed by atoms with van der Waals surface area (Å²) in [5.74, 6) is -0.505. The van der Waals surface area contributed by atoms with Gasteiger partial charge in [-0.2, -0.15) is 18.4 Å². The maximum Gasteiger partial charge on any atom is 0.417 e. The summed E-state index contributed by atoms with van der Waals surface area (Å²) in [5.41, 5.74) is -2.38. The standard InChI is InChI=1S/C48H61F3N8O8S/c1-46(2,3)41(43(63)57-29-35(60)25-38(57)42(62)54-28-31-12-19-39(53-27-31)56(6)7)55-40(61)30-66-22-11-21-65-20-9-8-10-23-67-36-17-15-33(16-18-36)59-45(68)58(44(64)47(59,4)5)34-14-13-32(26-52)37(24-34)48(49,50)51/h12-19,24,27,35,38,41,60H,8-11,20-23,25,28-30H2,1-7H3,(H,54,62)(H,55,61)/t35-,38+,41?/m1/s1. The topological polar surface area (TPSA) is 190 Å². The largest absolute Gasteiger partial charge is 0.494 e. The number of pyridine rings is 1. The lowest BCUT2D eigenvalue weighted by Gasteiger charge is -2.35. The first-order valence-electron chi connectivity index (χ1n) is 22.4. The van der Waals surface area contributed by atoms with Gasteiger partial charge in [-0.1, -0.05) is 26.8 Å². The van der Waals surface area contributed by atoms with Crippen molar-refractivity contribution in [1.29, 1.82) is 5.26 Å². The van der Waals surface area contributed by atoms with E-state index in [1.165, 1.54) is 11.0 Å². The summed E-state index contributed by atoms with van der Waals surface area (Å²) in [6, 6.07) is 13.3. The number of aromatic nitrogens is 1. The van der Waals surface area contributed by atoms with Crippen LogP contribution in [0.4, 0.5) is 30.4 Å². The third kappa shape index (κ3) is 13.4. The van der Waals surface area contributed by atoms with Gasteiger partial charge in [-0.05, 0) is 111 Å². The number of rotatable bonds is 21. The fourth-order valence-corrected chi connectivity index (χ4v) is 8.29. The Labute approximate surface area is 400 Å². The number of nitriles is 1. The summed E-state index contributed by atoms with van der Waals surface area (Å²) in [6.07, 6.45) is -0.998. The number of aliphatic hydroxyl groups is 1. The van der Waals surface area contributed by atoms with Crippen molar-refractivity contribution in [3.63, 3.8) is 0 Å². The number of aliphatic hydroxyl groups excluding tert-OH is 1. The summed E-state index contributed by atoms with van der Waals surface area (Å²) < 4.78 is 58.3. The molecule has 0 saturated carbocycles. The number of β-amino-alcohol motifs (C(OH)–C–C–N with tert-alkyl or cyclic N) is 1. The lowest BCUT2D eigenvalue weighted by molar-refractivity contribution is -0.144. The molecule has 0 aliphatic carbocycles. The molecule has 16 nitrogen and oxygen atoms in total. The Hall–Kier alpha value is -5.88. The quantitative estimate of drug-likeness (QED) is 0.0868. The van der Waals surface area contributed by atoms with Gasteiger partial charge >= 0.3 is 6.18 Å². The van der Waals surface area contributed by atoms with Crippen LogP contribution in [0.1, 0.15) is 83.4 Å². The molecule has 3 atom stereocenters. The number of unbranched alkanes of at least 4 members (excludes halogenated alkanes) is 2. The number of hydrogen-bond donors (Lipinski definition) is 3. The van der Waals surface area contributed by atoms with Gasteiger partial charge in [-0.25, -0.2) is 4.98 Å². The number of anilines is 3. The molecule has 2 fully saturated rings. The maximum absolute atomic E-state index is 13.9. The SMILES string of the molecule is CN(C)c1ccc(CNC(=O)[C@@H]2C[C@@H](O)CN2C(=O)C(NC(=O)COCCCOCCCCCOc2ccc(N3C(=S)N(c4ccc(C#N)c(C(F)(F)F)c4)C(=O)C3(C)C)cc2)C(C)(C)C)cn1. The summed E-state index contributed by atoms with van der Waals surface area (Å²) in [6.45, 7) is 10.2. The Kier molecular flexibility index (Phi) is 17.9. The van der Waals surface area contributed by atoms with Crippen LogP contribution in [-0.4, -0.2) is 121 Å². The molecule has 2 aromatic carbocycles. The highest BCUT2D eigenvalue weighted by atomic mass is 32.1. The van der Waals surface area contributed by atoms with Crippen molar-refractivity contribution in [2.24, 2.45) is 5.41 Å². The molecule has 0 bridgehead atoms. The van der Waals surface area contributed by atoms with Gasteiger partial charge in [0.1, 0.15) is 35.8 Å². The van der Waals surface area contributed by atoms with Crippen LogP contribution in [0.3, 0.4) is 0 Å². The smallest absolute Gasteiger partial charge is 0.417 e. The molecule has 0 radical (unpaired) electrons.